The predicted molar refractivity (Wildman–Crippen MR) is 82.3 cm³/mol. The van der Waals surface area contributed by atoms with Gasteiger partial charge in [-0.1, -0.05) is 13.8 Å². The standard InChI is InChI=1S/C16H18BrF2NO/c1-8(2)6-20-7-12-13(9-3-4-9)14-10(17)5-11(18)15(19)16(14)21-12/h5,8-9,20H,3-4,6-7H2,1-2H3. The van der Waals surface area contributed by atoms with Gasteiger partial charge < -0.3 is 9.73 Å². The van der Waals surface area contributed by atoms with E-state index < -0.39 is 11.6 Å². The molecular weight excluding hydrogens is 340 g/mol. The van der Waals surface area contributed by atoms with Crippen molar-refractivity contribution in [3.8, 4) is 0 Å². The monoisotopic (exact) mass is 357 g/mol. The second-order valence-electron chi connectivity index (χ2n) is 6.10. The van der Waals surface area contributed by atoms with Crippen molar-refractivity contribution in [2.24, 2.45) is 5.92 Å². The highest BCUT2D eigenvalue weighted by molar-refractivity contribution is 9.10. The second kappa shape index (κ2) is 5.69. The minimum Gasteiger partial charge on any atom is -0.456 e. The van der Waals surface area contributed by atoms with E-state index >= 15 is 0 Å². The Morgan fingerprint density at radius 2 is 2.10 bits per heavy atom. The Balaban J connectivity index is 2.05. The van der Waals surface area contributed by atoms with Crippen molar-refractivity contribution < 1.29 is 13.2 Å². The third-order valence-electron chi connectivity index (χ3n) is 3.75. The maximum Gasteiger partial charge on any atom is 0.201 e. The lowest BCUT2D eigenvalue weighted by atomic mass is 10.1. The molecule has 0 unspecified atom stereocenters. The van der Waals surface area contributed by atoms with Crippen LogP contribution >= 0.6 is 15.9 Å². The molecule has 1 aromatic heterocycles. The maximum absolute atomic E-state index is 14.0. The van der Waals surface area contributed by atoms with E-state index in [1.165, 1.54) is 6.07 Å². The number of fused-ring (bicyclic) bond motifs is 1. The van der Waals surface area contributed by atoms with Crippen LogP contribution in [0.5, 0.6) is 0 Å². The molecule has 1 saturated carbocycles. The van der Waals surface area contributed by atoms with Crippen molar-refractivity contribution in [3.05, 3.63) is 33.5 Å². The van der Waals surface area contributed by atoms with Crippen LogP contribution in [-0.4, -0.2) is 6.54 Å². The molecule has 2 nitrogen and oxygen atoms in total. The van der Waals surface area contributed by atoms with E-state index in [1.807, 2.05) is 0 Å². The normalized spacial score (nSPS) is 15.3. The van der Waals surface area contributed by atoms with Crippen LogP contribution in [0.1, 0.15) is 43.9 Å². The van der Waals surface area contributed by atoms with Crippen LogP contribution in [0.3, 0.4) is 0 Å². The molecule has 0 saturated heterocycles. The molecule has 114 valence electrons. The summed E-state index contributed by atoms with van der Waals surface area (Å²) in [6.07, 6.45) is 2.16. The summed E-state index contributed by atoms with van der Waals surface area (Å²) >= 11 is 3.35. The highest BCUT2D eigenvalue weighted by Gasteiger charge is 2.33. The Labute approximate surface area is 131 Å². The molecule has 0 aliphatic heterocycles. The quantitative estimate of drug-likeness (QED) is 0.753. The molecule has 1 fully saturated rings. The van der Waals surface area contributed by atoms with E-state index in [0.717, 1.165) is 30.7 Å². The number of nitrogens with one attached hydrogen (secondary N) is 1. The zero-order valence-electron chi connectivity index (χ0n) is 12.1. The Hall–Kier alpha value is -0.940. The largest absolute Gasteiger partial charge is 0.456 e. The lowest BCUT2D eigenvalue weighted by Gasteiger charge is -2.07. The van der Waals surface area contributed by atoms with Crippen LogP contribution in [0, 0.1) is 17.6 Å². The van der Waals surface area contributed by atoms with E-state index in [9.17, 15) is 8.78 Å². The van der Waals surface area contributed by atoms with Crippen molar-refractivity contribution in [2.75, 3.05) is 6.54 Å². The van der Waals surface area contributed by atoms with Crippen LogP contribution in [0.15, 0.2) is 15.0 Å². The maximum atomic E-state index is 14.0. The molecule has 0 spiro atoms. The van der Waals surface area contributed by atoms with Gasteiger partial charge in [-0.25, -0.2) is 4.39 Å². The van der Waals surface area contributed by atoms with E-state index in [0.29, 0.717) is 28.2 Å². The van der Waals surface area contributed by atoms with Crippen molar-refractivity contribution in [2.45, 2.75) is 39.2 Å². The van der Waals surface area contributed by atoms with E-state index in [1.54, 1.807) is 0 Å². The predicted octanol–water partition coefficient (Wildman–Crippen LogP) is 5.10. The number of benzene rings is 1. The summed E-state index contributed by atoms with van der Waals surface area (Å²) in [5, 5.41) is 4.01. The van der Waals surface area contributed by atoms with Gasteiger partial charge in [0.1, 0.15) is 5.76 Å². The molecule has 5 heteroatoms. The highest BCUT2D eigenvalue weighted by Crippen LogP contribution is 2.48. The average Bonchev–Trinajstić information content (AvgIpc) is 3.17. The van der Waals surface area contributed by atoms with Crippen LogP contribution in [0.2, 0.25) is 0 Å². The molecule has 3 rings (SSSR count). The van der Waals surface area contributed by atoms with Crippen LogP contribution in [-0.2, 0) is 6.54 Å². The van der Waals surface area contributed by atoms with E-state index in [2.05, 4.69) is 35.1 Å². The molecule has 2 aromatic rings. The summed E-state index contributed by atoms with van der Waals surface area (Å²) in [5.74, 6) is -0.112. The molecule has 21 heavy (non-hydrogen) atoms. The summed E-state index contributed by atoms with van der Waals surface area (Å²) in [5.41, 5.74) is 1.07. The SMILES string of the molecule is CC(C)CNCc1oc2c(F)c(F)cc(Br)c2c1C1CC1. The second-order valence-corrected chi connectivity index (χ2v) is 6.95. The van der Waals surface area contributed by atoms with Gasteiger partial charge in [-0.05, 0) is 53.2 Å². The fraction of sp³-hybridized carbons (Fsp3) is 0.500. The number of rotatable bonds is 5. The zero-order chi connectivity index (χ0) is 15.1. The molecule has 1 heterocycles. The molecule has 0 radical (unpaired) electrons. The number of halogens is 3. The number of hydrogen-bond donors (Lipinski definition) is 1. The van der Waals surface area contributed by atoms with E-state index in [-0.39, 0.29) is 5.58 Å². The summed E-state index contributed by atoms with van der Waals surface area (Å²) in [4.78, 5) is 0. The Morgan fingerprint density at radius 1 is 1.38 bits per heavy atom. The van der Waals surface area contributed by atoms with Crippen molar-refractivity contribution in [1.82, 2.24) is 5.32 Å². The third-order valence-corrected chi connectivity index (χ3v) is 4.37. The minimum absolute atomic E-state index is 0.0325. The molecule has 0 bridgehead atoms. The fourth-order valence-electron chi connectivity index (χ4n) is 2.65. The third kappa shape index (κ3) is 2.86. The number of furan rings is 1. The molecule has 0 atom stereocenters. The van der Waals surface area contributed by atoms with Crippen molar-refractivity contribution in [3.63, 3.8) is 0 Å². The first-order valence-electron chi connectivity index (χ1n) is 7.28. The lowest BCUT2D eigenvalue weighted by Crippen LogP contribution is -2.19. The van der Waals surface area contributed by atoms with Crippen molar-refractivity contribution in [1.29, 1.82) is 0 Å². The average molecular weight is 358 g/mol. The molecule has 1 aliphatic rings. The topological polar surface area (TPSA) is 25.2 Å². The van der Waals surface area contributed by atoms with Gasteiger partial charge in [0.05, 0.1) is 6.54 Å². The Bertz CT molecular complexity index is 677. The van der Waals surface area contributed by atoms with Crippen molar-refractivity contribution >= 4 is 26.9 Å². The first-order valence-corrected chi connectivity index (χ1v) is 8.07. The fourth-order valence-corrected chi connectivity index (χ4v) is 3.24. The first kappa shape index (κ1) is 15.0. The summed E-state index contributed by atoms with van der Waals surface area (Å²) in [6, 6.07) is 1.18. The Kier molecular flexibility index (Phi) is 4.06. The smallest absolute Gasteiger partial charge is 0.201 e. The zero-order valence-corrected chi connectivity index (χ0v) is 13.7. The number of hydrogen-bond acceptors (Lipinski definition) is 2. The van der Waals surface area contributed by atoms with Crippen LogP contribution < -0.4 is 5.32 Å². The highest BCUT2D eigenvalue weighted by atomic mass is 79.9. The van der Waals surface area contributed by atoms with Gasteiger partial charge in [0.15, 0.2) is 11.4 Å². The van der Waals surface area contributed by atoms with Crippen LogP contribution in [0.25, 0.3) is 11.0 Å². The van der Waals surface area contributed by atoms with Crippen LogP contribution in [0.4, 0.5) is 8.78 Å². The van der Waals surface area contributed by atoms with Gasteiger partial charge in [-0.2, -0.15) is 4.39 Å². The van der Waals surface area contributed by atoms with Gasteiger partial charge >= 0.3 is 0 Å². The summed E-state index contributed by atoms with van der Waals surface area (Å²) in [7, 11) is 0. The molecule has 0 amide bonds. The van der Waals surface area contributed by atoms with Gasteiger partial charge in [-0.3, -0.25) is 0 Å². The molecular formula is C16H18BrF2NO. The van der Waals surface area contributed by atoms with Gasteiger partial charge in [0.2, 0.25) is 5.82 Å². The Morgan fingerprint density at radius 3 is 2.71 bits per heavy atom. The first-order chi connectivity index (χ1) is 9.99. The minimum atomic E-state index is -0.898. The molecule has 1 aliphatic carbocycles. The van der Waals surface area contributed by atoms with Gasteiger partial charge in [0.25, 0.3) is 0 Å². The van der Waals surface area contributed by atoms with E-state index in [4.69, 9.17) is 4.42 Å². The molecule has 1 aromatic carbocycles. The summed E-state index contributed by atoms with van der Waals surface area (Å²) in [6.45, 7) is 5.66. The van der Waals surface area contributed by atoms with Gasteiger partial charge in [0, 0.05) is 15.4 Å². The molecule has 1 N–H and O–H groups in total. The van der Waals surface area contributed by atoms with Gasteiger partial charge in [-0.15, -0.1) is 0 Å². The lowest BCUT2D eigenvalue weighted by molar-refractivity contribution is 0.456. The summed E-state index contributed by atoms with van der Waals surface area (Å²) < 4.78 is 33.8.